The van der Waals surface area contributed by atoms with Gasteiger partial charge in [-0.25, -0.2) is 0 Å². The van der Waals surface area contributed by atoms with E-state index in [1.807, 2.05) is 0 Å². The molecular weight excluding hydrogens is 150 g/mol. The number of nitroso groups, excluding NO2 is 1. The molecule has 0 saturated carbocycles. The third kappa shape index (κ3) is 5.28. The van der Waals surface area contributed by atoms with Crippen LogP contribution in [0.4, 0.5) is 0 Å². The smallest absolute Gasteiger partial charge is 0.0813 e. The Morgan fingerprint density at radius 1 is 1.17 bits per heavy atom. The van der Waals surface area contributed by atoms with Crippen molar-refractivity contribution in [2.45, 2.75) is 40.5 Å². The third-order valence-corrected chi connectivity index (χ3v) is 2.31. The number of nitrogens with zero attached hydrogens (tertiary/aromatic N) is 1. The Labute approximate surface area is 75.7 Å². The van der Waals surface area contributed by atoms with Crippen molar-refractivity contribution in [3.63, 3.8) is 0 Å². The topological polar surface area (TPSA) is 29.4 Å². The second-order valence-electron chi connectivity index (χ2n) is 4.28. The lowest BCUT2D eigenvalue weighted by molar-refractivity contribution is 0.302. The van der Waals surface area contributed by atoms with Crippen LogP contribution >= 0.6 is 0 Å². The van der Waals surface area contributed by atoms with Crippen LogP contribution in [0.25, 0.3) is 0 Å². The standard InChI is InChI=1S/C10H21NO/c1-8(2)7-10(9(3)4)5-6-11-12/h8-10H,5-7H2,1-4H3. The molecule has 0 heterocycles. The minimum atomic E-state index is 0.482. The van der Waals surface area contributed by atoms with Gasteiger partial charge < -0.3 is 0 Å². The quantitative estimate of drug-likeness (QED) is 0.563. The number of hydrogen-bond acceptors (Lipinski definition) is 2. The van der Waals surface area contributed by atoms with Gasteiger partial charge in [-0.2, -0.15) is 4.91 Å². The second-order valence-corrected chi connectivity index (χ2v) is 4.28. The van der Waals surface area contributed by atoms with Gasteiger partial charge in [0.2, 0.25) is 0 Å². The fourth-order valence-electron chi connectivity index (χ4n) is 1.55. The SMILES string of the molecule is CC(C)CC(CCN=O)C(C)C. The van der Waals surface area contributed by atoms with Crippen molar-refractivity contribution < 1.29 is 0 Å². The van der Waals surface area contributed by atoms with Crippen LogP contribution in [0.5, 0.6) is 0 Å². The average Bonchev–Trinajstić information content (AvgIpc) is 1.96. The maximum absolute atomic E-state index is 9.97. The first-order valence-corrected chi connectivity index (χ1v) is 4.87. The van der Waals surface area contributed by atoms with Gasteiger partial charge in [0.25, 0.3) is 0 Å². The zero-order chi connectivity index (χ0) is 9.56. The first kappa shape index (κ1) is 11.6. The van der Waals surface area contributed by atoms with Gasteiger partial charge in [0, 0.05) is 0 Å². The van der Waals surface area contributed by atoms with Crippen molar-refractivity contribution in [3.8, 4) is 0 Å². The van der Waals surface area contributed by atoms with Gasteiger partial charge in [-0.05, 0) is 30.6 Å². The Balaban J connectivity index is 3.77. The van der Waals surface area contributed by atoms with E-state index in [0.29, 0.717) is 18.4 Å². The van der Waals surface area contributed by atoms with E-state index in [1.54, 1.807) is 0 Å². The third-order valence-electron chi connectivity index (χ3n) is 2.31. The van der Waals surface area contributed by atoms with Crippen molar-refractivity contribution >= 4 is 0 Å². The highest BCUT2D eigenvalue weighted by atomic mass is 16.3. The first-order chi connectivity index (χ1) is 5.57. The fourth-order valence-corrected chi connectivity index (χ4v) is 1.55. The summed E-state index contributed by atoms with van der Waals surface area (Å²) in [5, 5.41) is 2.92. The molecule has 0 fully saturated rings. The zero-order valence-corrected chi connectivity index (χ0v) is 8.71. The zero-order valence-electron chi connectivity index (χ0n) is 8.71. The van der Waals surface area contributed by atoms with Crippen LogP contribution in [0.3, 0.4) is 0 Å². The molecule has 2 heteroatoms. The summed E-state index contributed by atoms with van der Waals surface area (Å²) in [5.41, 5.74) is 0. The maximum Gasteiger partial charge on any atom is 0.0813 e. The Hall–Kier alpha value is -0.400. The highest BCUT2D eigenvalue weighted by Crippen LogP contribution is 2.23. The molecule has 0 aromatic rings. The van der Waals surface area contributed by atoms with E-state index < -0.39 is 0 Å². The molecular formula is C10H21NO. The van der Waals surface area contributed by atoms with Crippen molar-refractivity contribution in [1.29, 1.82) is 0 Å². The molecule has 0 aliphatic carbocycles. The van der Waals surface area contributed by atoms with E-state index in [-0.39, 0.29) is 0 Å². The summed E-state index contributed by atoms with van der Waals surface area (Å²) in [4.78, 5) is 9.97. The van der Waals surface area contributed by atoms with Crippen LogP contribution in [0.15, 0.2) is 5.18 Å². The molecule has 0 amide bonds. The minimum Gasteiger partial charge on any atom is -0.151 e. The average molecular weight is 171 g/mol. The lowest BCUT2D eigenvalue weighted by atomic mass is 9.85. The Morgan fingerprint density at radius 3 is 2.08 bits per heavy atom. The van der Waals surface area contributed by atoms with Crippen LogP contribution in [-0.4, -0.2) is 6.54 Å². The molecule has 0 aliphatic rings. The van der Waals surface area contributed by atoms with Crippen molar-refractivity contribution in [1.82, 2.24) is 0 Å². The monoisotopic (exact) mass is 171 g/mol. The Bertz CT molecular complexity index is 121. The highest BCUT2D eigenvalue weighted by Gasteiger charge is 2.14. The van der Waals surface area contributed by atoms with Gasteiger partial charge in [0.1, 0.15) is 0 Å². The van der Waals surface area contributed by atoms with Crippen LogP contribution in [0.2, 0.25) is 0 Å². The highest BCUT2D eigenvalue weighted by molar-refractivity contribution is 4.66. The molecule has 1 unspecified atom stereocenters. The van der Waals surface area contributed by atoms with E-state index in [1.165, 1.54) is 6.42 Å². The molecule has 1 atom stereocenters. The summed E-state index contributed by atoms with van der Waals surface area (Å²) in [7, 11) is 0. The Kier molecular flexibility index (Phi) is 5.95. The summed E-state index contributed by atoms with van der Waals surface area (Å²) in [6.07, 6.45) is 2.17. The summed E-state index contributed by atoms with van der Waals surface area (Å²) in [6, 6.07) is 0. The maximum atomic E-state index is 9.97. The molecule has 0 radical (unpaired) electrons. The summed E-state index contributed by atoms with van der Waals surface area (Å²) >= 11 is 0. The van der Waals surface area contributed by atoms with Gasteiger partial charge >= 0.3 is 0 Å². The van der Waals surface area contributed by atoms with E-state index in [2.05, 4.69) is 32.9 Å². The van der Waals surface area contributed by atoms with Crippen LogP contribution in [-0.2, 0) is 0 Å². The molecule has 0 N–H and O–H groups in total. The van der Waals surface area contributed by atoms with Crippen molar-refractivity contribution in [2.24, 2.45) is 22.9 Å². The van der Waals surface area contributed by atoms with Gasteiger partial charge in [0.15, 0.2) is 0 Å². The van der Waals surface area contributed by atoms with Gasteiger partial charge in [-0.15, -0.1) is 0 Å². The molecule has 12 heavy (non-hydrogen) atoms. The van der Waals surface area contributed by atoms with E-state index in [9.17, 15) is 4.91 Å². The second kappa shape index (κ2) is 6.15. The molecule has 0 rings (SSSR count). The van der Waals surface area contributed by atoms with Crippen LogP contribution in [0, 0.1) is 22.7 Å². The molecule has 0 aromatic heterocycles. The number of rotatable bonds is 6. The van der Waals surface area contributed by atoms with Crippen molar-refractivity contribution in [3.05, 3.63) is 4.91 Å². The van der Waals surface area contributed by atoms with Gasteiger partial charge in [-0.3, -0.25) is 0 Å². The largest absolute Gasteiger partial charge is 0.151 e. The first-order valence-electron chi connectivity index (χ1n) is 4.87. The molecule has 0 aliphatic heterocycles. The van der Waals surface area contributed by atoms with E-state index in [4.69, 9.17) is 0 Å². The minimum absolute atomic E-state index is 0.482. The fraction of sp³-hybridized carbons (Fsp3) is 1.00. The molecule has 0 spiro atoms. The van der Waals surface area contributed by atoms with Gasteiger partial charge in [0.05, 0.1) is 6.54 Å². The van der Waals surface area contributed by atoms with E-state index >= 15 is 0 Å². The molecule has 0 saturated heterocycles. The molecule has 0 bridgehead atoms. The van der Waals surface area contributed by atoms with Gasteiger partial charge in [-0.1, -0.05) is 32.9 Å². The molecule has 2 nitrogen and oxygen atoms in total. The Morgan fingerprint density at radius 2 is 1.75 bits per heavy atom. The number of hydrogen-bond donors (Lipinski definition) is 0. The normalized spacial score (nSPS) is 13.8. The van der Waals surface area contributed by atoms with Crippen molar-refractivity contribution in [2.75, 3.05) is 6.54 Å². The van der Waals surface area contributed by atoms with E-state index in [0.717, 1.165) is 12.3 Å². The van der Waals surface area contributed by atoms with Crippen LogP contribution < -0.4 is 0 Å². The lowest BCUT2D eigenvalue weighted by Gasteiger charge is -2.21. The summed E-state index contributed by atoms with van der Waals surface area (Å²) in [6.45, 7) is 9.37. The molecule has 0 aromatic carbocycles. The van der Waals surface area contributed by atoms with Crippen LogP contribution in [0.1, 0.15) is 40.5 Å². The predicted octanol–water partition coefficient (Wildman–Crippen LogP) is 3.46. The summed E-state index contributed by atoms with van der Waals surface area (Å²) in [5.74, 6) is 2.07. The predicted molar refractivity (Wildman–Crippen MR) is 53.1 cm³/mol. The summed E-state index contributed by atoms with van der Waals surface area (Å²) < 4.78 is 0. The molecule has 72 valence electrons. The lowest BCUT2D eigenvalue weighted by Crippen LogP contribution is -2.12.